The van der Waals surface area contributed by atoms with E-state index < -0.39 is 17.7 Å². The fraction of sp³-hybridized carbons (Fsp3) is 0.0588. The highest BCUT2D eigenvalue weighted by Crippen LogP contribution is 2.26. The van der Waals surface area contributed by atoms with Crippen LogP contribution in [0.2, 0.25) is 0 Å². The third-order valence-corrected chi connectivity index (χ3v) is 4.17. The lowest BCUT2D eigenvalue weighted by molar-refractivity contribution is 0.262. The van der Waals surface area contributed by atoms with E-state index >= 15 is 0 Å². The van der Waals surface area contributed by atoms with Crippen LogP contribution in [0.3, 0.4) is 0 Å². The zero-order valence-electron chi connectivity index (χ0n) is 13.1. The van der Waals surface area contributed by atoms with Gasteiger partial charge in [0, 0.05) is 35.4 Å². The lowest BCUT2D eigenvalue weighted by Crippen LogP contribution is -2.19. The van der Waals surface area contributed by atoms with E-state index in [1.807, 2.05) is 11.4 Å². The van der Waals surface area contributed by atoms with Crippen LogP contribution in [0.1, 0.15) is 0 Å². The molecule has 8 heteroatoms. The molecule has 0 radical (unpaired) electrons. The molecular formula is C17H14F2N4OS. The zero-order chi connectivity index (χ0) is 17.8. The molecule has 0 atom stereocenters. The number of aromatic nitrogens is 1. The Balaban J connectivity index is 1.70. The highest BCUT2D eigenvalue weighted by molar-refractivity contribution is 7.14. The van der Waals surface area contributed by atoms with E-state index in [2.05, 4.69) is 20.9 Å². The lowest BCUT2D eigenvalue weighted by atomic mass is 10.1. The van der Waals surface area contributed by atoms with Crippen molar-refractivity contribution in [1.82, 2.24) is 4.98 Å². The van der Waals surface area contributed by atoms with Gasteiger partial charge in [0.05, 0.1) is 5.69 Å². The number of hydrogen-bond donors (Lipinski definition) is 3. The van der Waals surface area contributed by atoms with Gasteiger partial charge in [-0.3, -0.25) is 0 Å². The van der Waals surface area contributed by atoms with Crippen molar-refractivity contribution in [3.05, 3.63) is 59.5 Å². The van der Waals surface area contributed by atoms with Gasteiger partial charge in [0.25, 0.3) is 0 Å². The minimum absolute atomic E-state index is 0.158. The molecule has 3 aromatic rings. The van der Waals surface area contributed by atoms with Crippen LogP contribution in [0, 0.1) is 11.6 Å². The third-order valence-electron chi connectivity index (χ3n) is 3.31. The molecule has 0 bridgehead atoms. The standard InChI is InChI=1S/C17H14F2N4OS/c1-20-17-23-15(9-25-17)10-3-2-4-11(7-10)21-16(24)22-12-5-6-13(18)14(19)8-12/h2-9H,1H3,(H,20,23)(H2,21,22,24). The number of benzene rings is 2. The summed E-state index contributed by atoms with van der Waals surface area (Å²) in [4.78, 5) is 16.4. The zero-order valence-corrected chi connectivity index (χ0v) is 14.0. The Hall–Kier alpha value is -3.00. The van der Waals surface area contributed by atoms with Crippen LogP contribution in [0.5, 0.6) is 0 Å². The number of carbonyl (C=O) groups excluding carboxylic acids is 1. The summed E-state index contributed by atoms with van der Waals surface area (Å²) in [5.74, 6) is -1.99. The molecule has 25 heavy (non-hydrogen) atoms. The van der Waals surface area contributed by atoms with Crippen molar-refractivity contribution < 1.29 is 13.6 Å². The van der Waals surface area contributed by atoms with Crippen molar-refractivity contribution in [3.8, 4) is 11.3 Å². The Bertz CT molecular complexity index is 913. The number of thiazole rings is 1. The quantitative estimate of drug-likeness (QED) is 0.628. The van der Waals surface area contributed by atoms with Gasteiger partial charge in [-0.05, 0) is 24.3 Å². The van der Waals surface area contributed by atoms with Crippen molar-refractivity contribution >= 4 is 33.9 Å². The molecule has 0 fully saturated rings. The van der Waals surface area contributed by atoms with Crippen molar-refractivity contribution in [3.63, 3.8) is 0 Å². The number of amides is 2. The van der Waals surface area contributed by atoms with Crippen LogP contribution in [0.15, 0.2) is 47.8 Å². The van der Waals surface area contributed by atoms with Crippen LogP contribution in [-0.2, 0) is 0 Å². The first-order valence-electron chi connectivity index (χ1n) is 7.32. The predicted octanol–water partition coefficient (Wildman–Crippen LogP) is 4.77. The van der Waals surface area contributed by atoms with Crippen molar-refractivity contribution in [2.75, 3.05) is 23.0 Å². The number of nitrogens with zero attached hydrogens (tertiary/aromatic N) is 1. The van der Waals surface area contributed by atoms with Crippen LogP contribution in [0.4, 0.5) is 30.1 Å². The molecule has 0 aliphatic rings. The molecule has 0 spiro atoms. The molecule has 1 heterocycles. The molecule has 0 saturated heterocycles. The fourth-order valence-electron chi connectivity index (χ4n) is 2.14. The summed E-state index contributed by atoms with van der Waals surface area (Å²) in [7, 11) is 1.79. The first kappa shape index (κ1) is 16.8. The number of rotatable bonds is 4. The summed E-state index contributed by atoms with van der Waals surface area (Å²) < 4.78 is 26.1. The number of carbonyl (C=O) groups is 1. The Morgan fingerprint density at radius 3 is 2.48 bits per heavy atom. The maximum Gasteiger partial charge on any atom is 0.323 e. The van der Waals surface area contributed by atoms with Gasteiger partial charge in [-0.2, -0.15) is 0 Å². The molecule has 2 amide bonds. The minimum atomic E-state index is -1.02. The second kappa shape index (κ2) is 7.27. The minimum Gasteiger partial charge on any atom is -0.365 e. The summed E-state index contributed by atoms with van der Waals surface area (Å²) in [6.07, 6.45) is 0. The van der Waals surface area contributed by atoms with E-state index in [1.54, 1.807) is 25.2 Å². The van der Waals surface area contributed by atoms with Gasteiger partial charge >= 0.3 is 6.03 Å². The van der Waals surface area contributed by atoms with Crippen LogP contribution < -0.4 is 16.0 Å². The summed E-state index contributed by atoms with van der Waals surface area (Å²) in [5, 5.41) is 10.8. The van der Waals surface area contributed by atoms with Crippen LogP contribution >= 0.6 is 11.3 Å². The molecule has 3 N–H and O–H groups in total. The molecule has 0 saturated carbocycles. The van der Waals surface area contributed by atoms with E-state index in [1.165, 1.54) is 17.4 Å². The maximum absolute atomic E-state index is 13.2. The number of anilines is 3. The Labute approximate surface area is 146 Å². The molecule has 1 aromatic heterocycles. The highest BCUT2D eigenvalue weighted by Gasteiger charge is 2.08. The van der Waals surface area contributed by atoms with Crippen LogP contribution in [-0.4, -0.2) is 18.1 Å². The smallest absolute Gasteiger partial charge is 0.323 e. The summed E-state index contributed by atoms with van der Waals surface area (Å²) in [5.41, 5.74) is 2.35. The second-order valence-corrected chi connectivity index (χ2v) is 5.93. The van der Waals surface area contributed by atoms with Crippen molar-refractivity contribution in [2.24, 2.45) is 0 Å². The average Bonchev–Trinajstić information content (AvgIpc) is 3.07. The van der Waals surface area contributed by atoms with E-state index in [9.17, 15) is 13.6 Å². The first-order chi connectivity index (χ1) is 12.0. The number of halogens is 2. The number of urea groups is 1. The van der Waals surface area contributed by atoms with Gasteiger partial charge in [-0.1, -0.05) is 12.1 Å². The van der Waals surface area contributed by atoms with E-state index in [-0.39, 0.29) is 5.69 Å². The molecule has 0 aliphatic heterocycles. The van der Waals surface area contributed by atoms with E-state index in [0.29, 0.717) is 5.69 Å². The molecule has 3 rings (SSSR count). The lowest BCUT2D eigenvalue weighted by Gasteiger charge is -2.09. The number of nitrogens with one attached hydrogen (secondary N) is 3. The normalized spacial score (nSPS) is 10.4. The van der Waals surface area contributed by atoms with Crippen molar-refractivity contribution in [1.29, 1.82) is 0 Å². The van der Waals surface area contributed by atoms with E-state index in [4.69, 9.17) is 0 Å². The van der Waals surface area contributed by atoms with Crippen LogP contribution in [0.25, 0.3) is 11.3 Å². The summed E-state index contributed by atoms with van der Waals surface area (Å²) in [6, 6.07) is 9.76. The Morgan fingerprint density at radius 2 is 1.80 bits per heavy atom. The van der Waals surface area contributed by atoms with E-state index in [0.717, 1.165) is 28.5 Å². The largest absolute Gasteiger partial charge is 0.365 e. The van der Waals surface area contributed by atoms with Gasteiger partial charge < -0.3 is 16.0 Å². The molecule has 5 nitrogen and oxygen atoms in total. The SMILES string of the molecule is CNc1nc(-c2cccc(NC(=O)Nc3ccc(F)c(F)c3)c2)cs1. The molecular weight excluding hydrogens is 346 g/mol. The van der Waals surface area contributed by atoms with Gasteiger partial charge in [-0.25, -0.2) is 18.6 Å². The molecule has 0 aliphatic carbocycles. The third kappa shape index (κ3) is 4.10. The molecule has 2 aromatic carbocycles. The Kier molecular flexibility index (Phi) is 4.90. The van der Waals surface area contributed by atoms with Gasteiger partial charge in [0.2, 0.25) is 0 Å². The highest BCUT2D eigenvalue weighted by atomic mass is 32.1. The summed E-state index contributed by atoms with van der Waals surface area (Å²) in [6.45, 7) is 0. The van der Waals surface area contributed by atoms with Gasteiger partial charge in [0.1, 0.15) is 0 Å². The van der Waals surface area contributed by atoms with Crippen molar-refractivity contribution in [2.45, 2.75) is 0 Å². The predicted molar refractivity (Wildman–Crippen MR) is 96.1 cm³/mol. The topological polar surface area (TPSA) is 66.0 Å². The molecule has 128 valence electrons. The second-order valence-electron chi connectivity index (χ2n) is 5.08. The maximum atomic E-state index is 13.2. The van der Waals surface area contributed by atoms with Gasteiger partial charge in [0.15, 0.2) is 16.8 Å². The summed E-state index contributed by atoms with van der Waals surface area (Å²) >= 11 is 1.48. The fourth-order valence-corrected chi connectivity index (χ4v) is 2.83. The number of hydrogen-bond acceptors (Lipinski definition) is 4. The monoisotopic (exact) mass is 360 g/mol. The first-order valence-corrected chi connectivity index (χ1v) is 8.20. The Morgan fingerprint density at radius 1 is 1.04 bits per heavy atom. The van der Waals surface area contributed by atoms with Gasteiger partial charge in [-0.15, -0.1) is 11.3 Å². The molecule has 0 unspecified atom stereocenters. The average molecular weight is 360 g/mol.